The quantitative estimate of drug-likeness (QED) is 0.0992. The van der Waals surface area contributed by atoms with Crippen LogP contribution in [-0.2, 0) is 11.4 Å². The standard InChI is InChI=1S/C31H30FN9O4/c1-20-13-21(31(37-20)40(43)44)17-41(2,3)12-6-8-29(42)39-28-15-24-26(16-34-28)35-19-36-30(24)38-22-9-10-27(25(32)14-22)45-18-23-7-4-5-11-33-23/h4-11,14-16,19H,12-13,17-18H2,1-3H3,(H-,34,35,36,38,39,42)/p+1/b8-6+. The maximum absolute atomic E-state index is 14.8. The summed E-state index contributed by atoms with van der Waals surface area (Å²) in [6.45, 7) is 2.78. The van der Waals surface area contributed by atoms with Gasteiger partial charge in [-0.2, -0.15) is 0 Å². The summed E-state index contributed by atoms with van der Waals surface area (Å²) < 4.78 is 20.8. The lowest BCUT2D eigenvalue weighted by Gasteiger charge is -2.28. The second kappa shape index (κ2) is 13.3. The number of likely N-dealkylation sites (N-methyl/N-ethyl adjacent to an activating group) is 1. The lowest BCUT2D eigenvalue weighted by atomic mass is 10.1. The number of halogens is 1. The number of nitrogens with one attached hydrogen (secondary N) is 2. The van der Waals surface area contributed by atoms with Gasteiger partial charge >= 0.3 is 5.82 Å². The number of amides is 1. The van der Waals surface area contributed by atoms with Gasteiger partial charge in [0.25, 0.3) is 0 Å². The van der Waals surface area contributed by atoms with Crippen molar-refractivity contribution in [1.29, 1.82) is 0 Å². The molecule has 1 aromatic carbocycles. The minimum atomic E-state index is -0.556. The van der Waals surface area contributed by atoms with Crippen molar-refractivity contribution in [2.45, 2.75) is 20.0 Å². The maximum atomic E-state index is 14.8. The van der Waals surface area contributed by atoms with Crippen molar-refractivity contribution in [2.75, 3.05) is 37.8 Å². The molecule has 0 radical (unpaired) electrons. The Hall–Kier alpha value is -5.63. The summed E-state index contributed by atoms with van der Waals surface area (Å²) in [7, 11) is 3.85. The summed E-state index contributed by atoms with van der Waals surface area (Å²) in [6, 6.07) is 11.5. The van der Waals surface area contributed by atoms with E-state index in [9.17, 15) is 19.3 Å². The number of hydrogen-bond acceptors (Lipinski definition) is 10. The van der Waals surface area contributed by atoms with Crippen molar-refractivity contribution in [3.63, 3.8) is 0 Å². The first-order valence-corrected chi connectivity index (χ1v) is 14.0. The SMILES string of the molecule is CC1=NC([N+](=O)[O-])=C(C[N+](C)(C)C/C=C/C(=O)Nc2cc3c(Nc4ccc(OCc5ccccn5)c(F)c4)ncnc3cn2)C1. The van der Waals surface area contributed by atoms with Crippen molar-refractivity contribution in [1.82, 2.24) is 19.9 Å². The van der Waals surface area contributed by atoms with Crippen molar-refractivity contribution in [3.8, 4) is 5.75 Å². The van der Waals surface area contributed by atoms with Crippen LogP contribution in [0.1, 0.15) is 19.0 Å². The van der Waals surface area contributed by atoms with Crippen LogP contribution in [0.5, 0.6) is 5.75 Å². The Morgan fingerprint density at radius 3 is 2.76 bits per heavy atom. The number of aromatic nitrogens is 4. The number of carbonyl (C=O) groups excluding carboxylic acids is 1. The average Bonchev–Trinajstić information content (AvgIpc) is 3.36. The fourth-order valence-corrected chi connectivity index (χ4v) is 4.77. The molecule has 13 nitrogen and oxygen atoms in total. The lowest BCUT2D eigenvalue weighted by molar-refractivity contribution is -0.880. The molecule has 0 saturated heterocycles. The predicted molar refractivity (Wildman–Crippen MR) is 167 cm³/mol. The van der Waals surface area contributed by atoms with Crippen LogP contribution in [0.2, 0.25) is 0 Å². The predicted octanol–water partition coefficient (Wildman–Crippen LogP) is 4.81. The minimum Gasteiger partial charge on any atom is -0.484 e. The molecule has 0 unspecified atom stereocenters. The minimum absolute atomic E-state index is 0.0873. The molecule has 1 amide bonds. The molecule has 2 N–H and O–H groups in total. The molecule has 0 aliphatic carbocycles. The third-order valence-electron chi connectivity index (χ3n) is 6.81. The number of pyridine rings is 2. The monoisotopic (exact) mass is 612 g/mol. The highest BCUT2D eigenvalue weighted by Gasteiger charge is 2.31. The van der Waals surface area contributed by atoms with Crippen molar-refractivity contribution in [2.24, 2.45) is 4.99 Å². The number of carbonyl (C=O) groups is 1. The van der Waals surface area contributed by atoms with Gasteiger partial charge in [-0.05, 0) is 53.2 Å². The van der Waals surface area contributed by atoms with E-state index in [4.69, 9.17) is 4.74 Å². The third-order valence-corrected chi connectivity index (χ3v) is 6.81. The van der Waals surface area contributed by atoms with Gasteiger partial charge in [-0.1, -0.05) is 6.07 Å². The molecule has 0 bridgehead atoms. The average molecular weight is 613 g/mol. The largest absolute Gasteiger partial charge is 0.484 e. The Bertz CT molecular complexity index is 1840. The van der Waals surface area contributed by atoms with E-state index >= 15 is 0 Å². The van der Waals surface area contributed by atoms with Crippen LogP contribution < -0.4 is 15.4 Å². The van der Waals surface area contributed by atoms with Gasteiger partial charge in [0.2, 0.25) is 5.91 Å². The summed E-state index contributed by atoms with van der Waals surface area (Å²) in [6.07, 6.45) is 8.08. The van der Waals surface area contributed by atoms with E-state index in [0.29, 0.717) is 63.4 Å². The number of aliphatic imine (C=N–C) groups is 1. The van der Waals surface area contributed by atoms with Gasteiger partial charge in [-0.15, -0.1) is 0 Å². The number of hydrogen-bond donors (Lipinski definition) is 2. The number of anilines is 3. The molecule has 4 heterocycles. The molecule has 14 heteroatoms. The Labute approximate surface area is 258 Å². The Morgan fingerprint density at radius 1 is 1.16 bits per heavy atom. The molecule has 45 heavy (non-hydrogen) atoms. The highest BCUT2D eigenvalue weighted by molar-refractivity contribution is 6.00. The van der Waals surface area contributed by atoms with Crippen LogP contribution in [0.15, 0.2) is 89.7 Å². The van der Waals surface area contributed by atoms with Gasteiger partial charge in [0.05, 0.1) is 43.6 Å². The van der Waals surface area contributed by atoms with Crippen LogP contribution in [0.25, 0.3) is 10.9 Å². The highest BCUT2D eigenvalue weighted by atomic mass is 19.1. The summed E-state index contributed by atoms with van der Waals surface area (Å²) in [4.78, 5) is 44.6. The van der Waals surface area contributed by atoms with Crippen molar-refractivity contribution >= 4 is 39.8 Å². The fourth-order valence-electron chi connectivity index (χ4n) is 4.77. The fraction of sp³-hybridized carbons (Fsp3) is 0.226. The number of fused-ring (bicyclic) bond motifs is 1. The third kappa shape index (κ3) is 8.06. The number of rotatable bonds is 12. The summed E-state index contributed by atoms with van der Waals surface area (Å²) in [5.41, 5.74) is 3.01. The Balaban J connectivity index is 1.22. The van der Waals surface area contributed by atoms with E-state index in [0.717, 1.165) is 0 Å². The maximum Gasteiger partial charge on any atom is 0.368 e. The Kier molecular flexibility index (Phi) is 9.14. The zero-order valence-electron chi connectivity index (χ0n) is 24.9. The zero-order chi connectivity index (χ0) is 32.0. The molecule has 230 valence electrons. The molecule has 0 atom stereocenters. The molecule has 3 aromatic heterocycles. The van der Waals surface area contributed by atoms with Crippen LogP contribution in [0.4, 0.5) is 21.7 Å². The molecule has 1 aliphatic rings. The number of nitrogens with zero attached hydrogens (tertiary/aromatic N) is 7. The normalized spacial score (nSPS) is 13.3. The smallest absolute Gasteiger partial charge is 0.368 e. The summed E-state index contributed by atoms with van der Waals surface area (Å²) in [5.74, 6) is -0.297. The first-order chi connectivity index (χ1) is 21.6. The molecule has 4 aromatic rings. The van der Waals surface area contributed by atoms with Crippen molar-refractivity contribution < 1.29 is 23.3 Å². The van der Waals surface area contributed by atoms with E-state index < -0.39 is 16.6 Å². The zero-order valence-corrected chi connectivity index (χ0v) is 24.9. The number of ether oxygens (including phenoxy) is 1. The molecular formula is C31H31FN9O4+. The van der Waals surface area contributed by atoms with Crippen molar-refractivity contribution in [3.05, 3.63) is 106 Å². The second-order valence-electron chi connectivity index (χ2n) is 11.1. The van der Waals surface area contributed by atoms with Crippen LogP contribution in [0.3, 0.4) is 0 Å². The second-order valence-corrected chi connectivity index (χ2v) is 11.1. The summed E-state index contributed by atoms with van der Waals surface area (Å²) >= 11 is 0. The first kappa shape index (κ1) is 30.8. The Morgan fingerprint density at radius 2 is 2.00 bits per heavy atom. The van der Waals surface area contributed by atoms with E-state index in [1.54, 1.807) is 43.5 Å². The van der Waals surface area contributed by atoms with Gasteiger partial charge in [-0.3, -0.25) is 9.78 Å². The number of quaternary nitrogens is 1. The van der Waals surface area contributed by atoms with E-state index in [-0.39, 0.29) is 24.0 Å². The molecule has 0 fully saturated rings. The van der Waals surface area contributed by atoms with E-state index in [1.807, 2.05) is 20.2 Å². The van der Waals surface area contributed by atoms with Crippen LogP contribution >= 0.6 is 0 Å². The number of nitro groups is 1. The molecule has 0 spiro atoms. The van der Waals surface area contributed by atoms with Crippen LogP contribution in [-0.4, -0.2) is 68.1 Å². The van der Waals surface area contributed by atoms with Gasteiger partial charge in [0.15, 0.2) is 11.6 Å². The molecule has 0 saturated carbocycles. The van der Waals surface area contributed by atoms with Gasteiger partial charge in [0.1, 0.15) is 36.8 Å². The summed E-state index contributed by atoms with van der Waals surface area (Å²) in [5, 5.41) is 17.7. The molecule has 1 aliphatic heterocycles. The number of benzene rings is 1. The topological polar surface area (TPSA) is 157 Å². The van der Waals surface area contributed by atoms with Gasteiger partial charge in [-0.25, -0.2) is 19.3 Å². The highest BCUT2D eigenvalue weighted by Crippen LogP contribution is 2.28. The molecule has 5 rings (SSSR count). The lowest BCUT2D eigenvalue weighted by Crippen LogP contribution is -2.41. The first-order valence-electron chi connectivity index (χ1n) is 14.0. The van der Waals surface area contributed by atoms with E-state index in [2.05, 4.69) is 35.6 Å². The molecular weight excluding hydrogens is 581 g/mol. The van der Waals surface area contributed by atoms with Gasteiger partial charge in [0, 0.05) is 35.8 Å². The van der Waals surface area contributed by atoms with E-state index in [1.165, 1.54) is 30.7 Å². The van der Waals surface area contributed by atoms with Gasteiger partial charge < -0.3 is 30.0 Å². The van der Waals surface area contributed by atoms with Crippen LogP contribution in [0, 0.1) is 15.9 Å².